The minimum absolute atomic E-state index is 0.283. The van der Waals surface area contributed by atoms with Crippen molar-refractivity contribution in [2.24, 2.45) is 10.8 Å². The van der Waals surface area contributed by atoms with Gasteiger partial charge in [-0.3, -0.25) is 0 Å². The van der Waals surface area contributed by atoms with Gasteiger partial charge in [-0.25, -0.2) is 4.98 Å². The number of rotatable bonds is 2. The van der Waals surface area contributed by atoms with E-state index in [1.165, 1.54) is 0 Å². The van der Waals surface area contributed by atoms with E-state index >= 15 is 0 Å². The maximum absolute atomic E-state index is 5.12. The third-order valence-corrected chi connectivity index (χ3v) is 4.84. The summed E-state index contributed by atoms with van der Waals surface area (Å²) in [4.78, 5) is 12.4. The van der Waals surface area contributed by atoms with Crippen molar-refractivity contribution in [3.8, 4) is 5.88 Å². The van der Waals surface area contributed by atoms with Crippen LogP contribution in [0, 0.1) is 10.8 Å². The number of ether oxygens (including phenoxy) is 1. The molecule has 0 spiro atoms. The fourth-order valence-corrected chi connectivity index (χ4v) is 3.02. The molecule has 0 amide bonds. The van der Waals surface area contributed by atoms with Crippen molar-refractivity contribution in [2.45, 2.75) is 33.6 Å². The van der Waals surface area contributed by atoms with Crippen molar-refractivity contribution in [1.29, 1.82) is 0 Å². The fourth-order valence-electron chi connectivity index (χ4n) is 3.02. The van der Waals surface area contributed by atoms with Gasteiger partial charge in [0.15, 0.2) is 5.65 Å². The van der Waals surface area contributed by atoms with E-state index < -0.39 is 0 Å². The van der Waals surface area contributed by atoms with Crippen LogP contribution in [0.2, 0.25) is 0 Å². The van der Waals surface area contributed by atoms with Crippen LogP contribution in [0.5, 0.6) is 5.88 Å². The number of hydrogen-bond acceptors (Lipinski definition) is 3. The lowest BCUT2D eigenvalue weighted by molar-refractivity contribution is 0.399. The van der Waals surface area contributed by atoms with E-state index in [0.717, 1.165) is 17.0 Å². The SMILES string of the molecule is COc1ccc2[nH]c(C3C(C)(C)C3(C)C)nc2n1. The number of methoxy groups -OCH3 is 1. The molecule has 3 rings (SSSR count). The molecule has 0 aliphatic heterocycles. The molecule has 4 nitrogen and oxygen atoms in total. The Hall–Kier alpha value is -1.58. The summed E-state index contributed by atoms with van der Waals surface area (Å²) in [5.41, 5.74) is 2.28. The number of nitrogens with one attached hydrogen (secondary N) is 1. The average molecular weight is 245 g/mol. The Morgan fingerprint density at radius 1 is 1.11 bits per heavy atom. The molecule has 0 bridgehead atoms. The monoisotopic (exact) mass is 245 g/mol. The number of aromatic amines is 1. The van der Waals surface area contributed by atoms with E-state index in [-0.39, 0.29) is 10.8 Å². The van der Waals surface area contributed by atoms with Crippen LogP contribution in [-0.4, -0.2) is 22.1 Å². The number of imidazole rings is 1. The predicted octanol–water partition coefficient (Wildman–Crippen LogP) is 3.12. The van der Waals surface area contributed by atoms with Crippen LogP contribution in [0.15, 0.2) is 12.1 Å². The van der Waals surface area contributed by atoms with Crippen molar-refractivity contribution in [1.82, 2.24) is 15.0 Å². The molecule has 0 radical (unpaired) electrons. The van der Waals surface area contributed by atoms with E-state index in [4.69, 9.17) is 4.74 Å². The zero-order valence-electron chi connectivity index (χ0n) is 11.5. The van der Waals surface area contributed by atoms with E-state index in [1.807, 2.05) is 12.1 Å². The molecule has 0 saturated heterocycles. The summed E-state index contributed by atoms with van der Waals surface area (Å²) in [6.45, 7) is 9.16. The van der Waals surface area contributed by atoms with Crippen molar-refractivity contribution in [2.75, 3.05) is 7.11 Å². The predicted molar refractivity (Wildman–Crippen MR) is 70.7 cm³/mol. The van der Waals surface area contributed by atoms with E-state index in [1.54, 1.807) is 7.11 Å². The second-order valence-corrected chi connectivity index (χ2v) is 6.22. The van der Waals surface area contributed by atoms with Gasteiger partial charge in [-0.05, 0) is 16.9 Å². The molecule has 1 fully saturated rings. The van der Waals surface area contributed by atoms with Gasteiger partial charge in [0.1, 0.15) is 5.82 Å². The molecular weight excluding hydrogens is 226 g/mol. The second kappa shape index (κ2) is 3.25. The maximum Gasteiger partial charge on any atom is 0.215 e. The molecule has 96 valence electrons. The summed E-state index contributed by atoms with van der Waals surface area (Å²) >= 11 is 0. The summed E-state index contributed by atoms with van der Waals surface area (Å²) in [6.07, 6.45) is 0. The molecule has 0 unspecified atom stereocenters. The van der Waals surface area contributed by atoms with Crippen molar-refractivity contribution >= 4 is 11.2 Å². The molecule has 1 N–H and O–H groups in total. The van der Waals surface area contributed by atoms with E-state index in [9.17, 15) is 0 Å². The molecule has 18 heavy (non-hydrogen) atoms. The van der Waals surface area contributed by atoms with E-state index in [0.29, 0.717) is 11.8 Å². The Balaban J connectivity index is 2.05. The van der Waals surface area contributed by atoms with E-state index in [2.05, 4.69) is 42.6 Å². The fraction of sp³-hybridized carbons (Fsp3) is 0.571. The molecule has 2 aromatic rings. The highest BCUT2D eigenvalue weighted by Crippen LogP contribution is 2.73. The third-order valence-electron chi connectivity index (χ3n) is 4.84. The molecule has 1 saturated carbocycles. The smallest absolute Gasteiger partial charge is 0.215 e. The van der Waals surface area contributed by atoms with Crippen molar-refractivity contribution < 1.29 is 4.74 Å². The Labute approximate surface area is 107 Å². The zero-order valence-corrected chi connectivity index (χ0v) is 11.5. The van der Waals surface area contributed by atoms with Gasteiger partial charge < -0.3 is 9.72 Å². The molecule has 2 heterocycles. The number of fused-ring (bicyclic) bond motifs is 1. The van der Waals surface area contributed by atoms with Crippen LogP contribution >= 0.6 is 0 Å². The Kier molecular flexibility index (Phi) is 2.08. The van der Waals surface area contributed by atoms with Gasteiger partial charge in [0.05, 0.1) is 12.6 Å². The minimum atomic E-state index is 0.283. The topological polar surface area (TPSA) is 50.8 Å². The summed E-state index contributed by atoms with van der Waals surface area (Å²) in [7, 11) is 1.62. The lowest BCUT2D eigenvalue weighted by atomic mass is 10.0. The quantitative estimate of drug-likeness (QED) is 0.884. The highest BCUT2D eigenvalue weighted by atomic mass is 16.5. The molecular formula is C14H19N3O. The highest BCUT2D eigenvalue weighted by Gasteiger charge is 2.66. The van der Waals surface area contributed by atoms with Gasteiger partial charge in [-0.2, -0.15) is 4.98 Å². The summed E-state index contributed by atoms with van der Waals surface area (Å²) in [5.74, 6) is 2.11. The van der Waals surface area contributed by atoms with Crippen LogP contribution in [0.3, 0.4) is 0 Å². The summed E-state index contributed by atoms with van der Waals surface area (Å²) < 4.78 is 5.12. The van der Waals surface area contributed by atoms with Gasteiger partial charge in [0, 0.05) is 12.0 Å². The lowest BCUT2D eigenvalue weighted by Gasteiger charge is -2.03. The second-order valence-electron chi connectivity index (χ2n) is 6.22. The first-order valence-corrected chi connectivity index (χ1v) is 6.28. The first-order valence-electron chi connectivity index (χ1n) is 6.28. The number of nitrogens with zero attached hydrogens (tertiary/aromatic N) is 2. The first-order chi connectivity index (χ1) is 8.38. The first kappa shape index (κ1) is 11.5. The standard InChI is InChI=1S/C14H19N3O/c1-13(2)10(14(13,3)4)12-15-8-6-7-9(18-5)16-11(8)17-12/h6-7,10H,1-5H3,(H,15,16,17). The Morgan fingerprint density at radius 2 is 1.78 bits per heavy atom. The maximum atomic E-state index is 5.12. The number of H-pyrrole nitrogens is 1. The van der Waals surface area contributed by atoms with Crippen molar-refractivity contribution in [3.05, 3.63) is 18.0 Å². The van der Waals surface area contributed by atoms with Crippen LogP contribution in [-0.2, 0) is 0 Å². The lowest BCUT2D eigenvalue weighted by Crippen LogP contribution is -1.95. The third kappa shape index (κ3) is 1.32. The molecule has 0 atom stereocenters. The van der Waals surface area contributed by atoms with Gasteiger partial charge in [0.2, 0.25) is 5.88 Å². The molecule has 2 aromatic heterocycles. The zero-order chi connectivity index (χ0) is 13.1. The van der Waals surface area contributed by atoms with Crippen LogP contribution < -0.4 is 4.74 Å². The highest BCUT2D eigenvalue weighted by molar-refractivity contribution is 5.71. The van der Waals surface area contributed by atoms with Crippen LogP contribution in [0.4, 0.5) is 0 Å². The van der Waals surface area contributed by atoms with Crippen LogP contribution in [0.1, 0.15) is 39.4 Å². The number of aromatic nitrogens is 3. The normalized spacial score (nSPS) is 21.2. The Morgan fingerprint density at radius 3 is 2.33 bits per heavy atom. The molecule has 4 heteroatoms. The summed E-state index contributed by atoms with van der Waals surface area (Å²) in [6, 6.07) is 3.83. The molecule has 0 aromatic carbocycles. The minimum Gasteiger partial charge on any atom is -0.481 e. The van der Waals surface area contributed by atoms with Crippen LogP contribution in [0.25, 0.3) is 11.2 Å². The molecule has 1 aliphatic carbocycles. The summed E-state index contributed by atoms with van der Waals surface area (Å²) in [5, 5.41) is 0. The number of pyridine rings is 1. The van der Waals surface area contributed by atoms with Gasteiger partial charge in [-0.1, -0.05) is 27.7 Å². The average Bonchev–Trinajstić information content (AvgIpc) is 2.64. The number of hydrogen-bond donors (Lipinski definition) is 1. The van der Waals surface area contributed by atoms with Gasteiger partial charge in [-0.15, -0.1) is 0 Å². The van der Waals surface area contributed by atoms with Gasteiger partial charge >= 0.3 is 0 Å². The largest absolute Gasteiger partial charge is 0.481 e. The molecule has 1 aliphatic rings. The van der Waals surface area contributed by atoms with Gasteiger partial charge in [0.25, 0.3) is 0 Å². The Bertz CT molecular complexity index is 599. The van der Waals surface area contributed by atoms with Crippen molar-refractivity contribution in [3.63, 3.8) is 0 Å².